The number of carbonyl (C=O) groups excluding carboxylic acids is 1. The fourth-order valence-corrected chi connectivity index (χ4v) is 4.43. The summed E-state index contributed by atoms with van der Waals surface area (Å²) in [6.07, 6.45) is 3.11. The van der Waals surface area contributed by atoms with Gasteiger partial charge in [0.05, 0.1) is 28.4 Å². The average Bonchev–Trinajstić information content (AvgIpc) is 3.33. The van der Waals surface area contributed by atoms with E-state index in [0.29, 0.717) is 28.7 Å². The first-order chi connectivity index (χ1) is 14.3. The molecule has 1 saturated heterocycles. The van der Waals surface area contributed by atoms with Crippen molar-refractivity contribution in [2.24, 2.45) is 5.92 Å². The van der Waals surface area contributed by atoms with Gasteiger partial charge in [0.2, 0.25) is 5.95 Å². The molecule has 0 bridgehead atoms. The number of nitrogens with zero attached hydrogens (tertiary/aromatic N) is 4. The number of nitrogens with one attached hydrogen (secondary N) is 1. The number of pyridine rings is 1. The van der Waals surface area contributed by atoms with Crippen molar-refractivity contribution in [2.75, 3.05) is 18.4 Å². The Kier molecular flexibility index (Phi) is 5.33. The van der Waals surface area contributed by atoms with Crippen molar-refractivity contribution in [3.63, 3.8) is 0 Å². The zero-order valence-electron chi connectivity index (χ0n) is 16.4. The van der Waals surface area contributed by atoms with Crippen LogP contribution in [-0.2, 0) is 4.79 Å². The third kappa shape index (κ3) is 3.95. The molecular weight excluding hydrogens is 409 g/mol. The number of aromatic nitrogens is 3. The van der Waals surface area contributed by atoms with E-state index in [4.69, 9.17) is 0 Å². The first kappa shape index (κ1) is 20.1. The Morgan fingerprint density at radius 3 is 2.83 bits per heavy atom. The number of carbonyl (C=O) groups is 2. The summed E-state index contributed by atoms with van der Waals surface area (Å²) in [7, 11) is 0. The average molecular weight is 429 g/mol. The maximum Gasteiger partial charge on any atom is 0.308 e. The second-order valence-corrected chi connectivity index (χ2v) is 8.60. The minimum absolute atomic E-state index is 0.165. The SMILES string of the molecule is Cc1cc2nc(NC(C)c3cncc(F)c3)nc(C(=O)N3CC[C@@H](C(=O)O)C3)c2s1. The minimum Gasteiger partial charge on any atom is -0.481 e. The second-order valence-electron chi connectivity index (χ2n) is 7.34. The smallest absolute Gasteiger partial charge is 0.308 e. The van der Waals surface area contributed by atoms with E-state index in [1.807, 2.05) is 19.9 Å². The molecule has 0 aliphatic carbocycles. The highest BCUT2D eigenvalue weighted by atomic mass is 32.1. The number of thiophene rings is 1. The molecule has 30 heavy (non-hydrogen) atoms. The standard InChI is InChI=1S/C20H20FN5O3S/c1-10-5-15-17(30-10)16(18(27)26-4-3-12(9-26)19(28)29)25-20(24-15)23-11(2)13-6-14(21)8-22-7-13/h5-8,11-12H,3-4,9H2,1-2H3,(H,28,29)(H,23,24,25)/t11?,12-/m1/s1. The molecule has 3 aromatic heterocycles. The van der Waals surface area contributed by atoms with Crippen molar-refractivity contribution in [3.8, 4) is 0 Å². The molecule has 4 rings (SSSR count). The predicted octanol–water partition coefficient (Wildman–Crippen LogP) is 3.25. The number of anilines is 1. The number of aliphatic carboxylic acids is 1. The normalized spacial score (nSPS) is 17.3. The molecule has 3 aromatic rings. The molecule has 0 aromatic carbocycles. The molecule has 8 nitrogen and oxygen atoms in total. The van der Waals surface area contributed by atoms with Crippen LogP contribution in [0.5, 0.6) is 0 Å². The molecule has 0 spiro atoms. The van der Waals surface area contributed by atoms with Crippen molar-refractivity contribution in [3.05, 3.63) is 46.5 Å². The van der Waals surface area contributed by atoms with Gasteiger partial charge in [0, 0.05) is 24.2 Å². The number of hydrogen-bond donors (Lipinski definition) is 2. The van der Waals surface area contributed by atoms with Crippen LogP contribution in [0.4, 0.5) is 10.3 Å². The van der Waals surface area contributed by atoms with E-state index in [0.717, 1.165) is 11.1 Å². The summed E-state index contributed by atoms with van der Waals surface area (Å²) < 4.78 is 14.2. The molecule has 1 unspecified atom stereocenters. The van der Waals surface area contributed by atoms with Gasteiger partial charge in [-0.3, -0.25) is 14.6 Å². The van der Waals surface area contributed by atoms with E-state index in [2.05, 4.69) is 20.3 Å². The Hall–Kier alpha value is -3.14. The number of amides is 1. The highest BCUT2D eigenvalue weighted by Crippen LogP contribution is 2.30. The number of hydrogen-bond acceptors (Lipinski definition) is 7. The third-order valence-electron chi connectivity index (χ3n) is 5.09. The zero-order chi connectivity index (χ0) is 21.4. The maximum absolute atomic E-state index is 13.5. The van der Waals surface area contributed by atoms with Crippen LogP contribution in [0.2, 0.25) is 0 Å². The quantitative estimate of drug-likeness (QED) is 0.641. The summed E-state index contributed by atoms with van der Waals surface area (Å²) in [5, 5.41) is 12.3. The monoisotopic (exact) mass is 429 g/mol. The molecular formula is C20H20FN5O3S. The first-order valence-corrected chi connectivity index (χ1v) is 10.3. The Morgan fingerprint density at radius 2 is 2.13 bits per heavy atom. The van der Waals surface area contributed by atoms with Crippen LogP contribution in [0, 0.1) is 18.7 Å². The van der Waals surface area contributed by atoms with Crippen molar-refractivity contribution in [1.82, 2.24) is 19.9 Å². The largest absolute Gasteiger partial charge is 0.481 e. The van der Waals surface area contributed by atoms with Crippen LogP contribution in [0.3, 0.4) is 0 Å². The molecule has 156 valence electrons. The highest BCUT2D eigenvalue weighted by Gasteiger charge is 2.33. The lowest BCUT2D eigenvalue weighted by Gasteiger charge is -2.18. The molecule has 2 atom stereocenters. The number of rotatable bonds is 5. The van der Waals surface area contributed by atoms with E-state index in [1.54, 1.807) is 6.20 Å². The molecule has 1 aliphatic heterocycles. The van der Waals surface area contributed by atoms with Gasteiger partial charge in [-0.2, -0.15) is 0 Å². The Balaban J connectivity index is 1.66. The van der Waals surface area contributed by atoms with Gasteiger partial charge in [-0.25, -0.2) is 14.4 Å². The number of carboxylic acid groups (broad SMARTS) is 1. The summed E-state index contributed by atoms with van der Waals surface area (Å²) in [5.41, 5.74) is 1.50. The molecule has 1 fully saturated rings. The number of halogens is 1. The summed E-state index contributed by atoms with van der Waals surface area (Å²) >= 11 is 1.42. The van der Waals surface area contributed by atoms with Crippen LogP contribution in [0.1, 0.15) is 40.3 Å². The lowest BCUT2D eigenvalue weighted by Crippen LogP contribution is -2.31. The summed E-state index contributed by atoms with van der Waals surface area (Å²) in [6.45, 7) is 4.28. The van der Waals surface area contributed by atoms with Crippen LogP contribution in [0.15, 0.2) is 24.5 Å². The van der Waals surface area contributed by atoms with Crippen LogP contribution in [0.25, 0.3) is 10.2 Å². The topological polar surface area (TPSA) is 108 Å². The zero-order valence-corrected chi connectivity index (χ0v) is 17.2. The van der Waals surface area contributed by atoms with Crippen LogP contribution >= 0.6 is 11.3 Å². The van der Waals surface area contributed by atoms with Crippen molar-refractivity contribution in [2.45, 2.75) is 26.3 Å². The van der Waals surface area contributed by atoms with Gasteiger partial charge >= 0.3 is 5.97 Å². The summed E-state index contributed by atoms with van der Waals surface area (Å²) in [5.74, 6) is -1.96. The molecule has 1 aliphatic rings. The first-order valence-electron chi connectivity index (χ1n) is 9.49. The number of carboxylic acids is 1. The highest BCUT2D eigenvalue weighted by molar-refractivity contribution is 7.19. The Bertz CT molecular complexity index is 1130. The van der Waals surface area contributed by atoms with E-state index >= 15 is 0 Å². The molecule has 0 radical (unpaired) electrons. The van der Waals surface area contributed by atoms with Gasteiger partial charge in [-0.15, -0.1) is 11.3 Å². The number of likely N-dealkylation sites (tertiary alicyclic amines) is 1. The molecule has 4 heterocycles. The van der Waals surface area contributed by atoms with Gasteiger partial charge in [0.1, 0.15) is 5.82 Å². The number of aryl methyl sites for hydroxylation is 1. The maximum atomic E-state index is 13.5. The van der Waals surface area contributed by atoms with E-state index in [-0.39, 0.29) is 30.1 Å². The fraction of sp³-hybridized carbons (Fsp3) is 0.350. The molecule has 0 saturated carbocycles. The third-order valence-corrected chi connectivity index (χ3v) is 6.14. The van der Waals surface area contributed by atoms with Gasteiger partial charge in [0.25, 0.3) is 5.91 Å². The molecule has 10 heteroatoms. The van der Waals surface area contributed by atoms with E-state index in [1.165, 1.54) is 22.3 Å². The van der Waals surface area contributed by atoms with Gasteiger partial charge in [0.15, 0.2) is 5.69 Å². The lowest BCUT2D eigenvalue weighted by atomic mass is 10.1. The van der Waals surface area contributed by atoms with Gasteiger partial charge in [-0.05, 0) is 38.0 Å². The molecule has 1 amide bonds. The Morgan fingerprint density at radius 1 is 1.33 bits per heavy atom. The van der Waals surface area contributed by atoms with E-state index in [9.17, 15) is 19.1 Å². The van der Waals surface area contributed by atoms with Crippen LogP contribution < -0.4 is 5.32 Å². The van der Waals surface area contributed by atoms with Crippen LogP contribution in [-0.4, -0.2) is 49.9 Å². The lowest BCUT2D eigenvalue weighted by molar-refractivity contribution is -0.141. The fourth-order valence-electron chi connectivity index (χ4n) is 3.50. The van der Waals surface area contributed by atoms with Crippen molar-refractivity contribution < 1.29 is 19.1 Å². The van der Waals surface area contributed by atoms with Gasteiger partial charge in [-0.1, -0.05) is 0 Å². The molecule has 2 N–H and O–H groups in total. The summed E-state index contributed by atoms with van der Waals surface area (Å²) in [6, 6.07) is 2.92. The van der Waals surface area contributed by atoms with Crippen molar-refractivity contribution >= 4 is 39.4 Å². The minimum atomic E-state index is -0.898. The predicted molar refractivity (Wildman–Crippen MR) is 110 cm³/mol. The van der Waals surface area contributed by atoms with Crippen molar-refractivity contribution in [1.29, 1.82) is 0 Å². The second kappa shape index (κ2) is 7.94. The van der Waals surface area contributed by atoms with Gasteiger partial charge < -0.3 is 15.3 Å². The number of fused-ring (bicyclic) bond motifs is 1. The Labute approximate surface area is 175 Å². The summed E-state index contributed by atoms with van der Waals surface area (Å²) in [4.78, 5) is 39.7. The van der Waals surface area contributed by atoms with E-state index < -0.39 is 17.7 Å².